The second-order valence-corrected chi connectivity index (χ2v) is 5.08. The number of hydrogen-bond donors (Lipinski definition) is 1. The quantitative estimate of drug-likeness (QED) is 0.501. The Hall–Kier alpha value is -3.69. The van der Waals surface area contributed by atoms with Crippen molar-refractivity contribution in [2.45, 2.75) is 6.54 Å². The number of nitro groups is 1. The Morgan fingerprint density at radius 3 is 2.54 bits per heavy atom. The van der Waals surface area contributed by atoms with Crippen molar-refractivity contribution in [3.8, 4) is 22.9 Å². The van der Waals surface area contributed by atoms with Gasteiger partial charge in [0, 0.05) is 24.0 Å². The molecule has 0 aliphatic rings. The van der Waals surface area contributed by atoms with E-state index in [1.807, 2.05) is 0 Å². The van der Waals surface area contributed by atoms with E-state index < -0.39 is 4.92 Å². The van der Waals surface area contributed by atoms with Gasteiger partial charge in [-0.15, -0.1) is 0 Å². The number of anilines is 1. The summed E-state index contributed by atoms with van der Waals surface area (Å²) in [4.78, 5) is 19.0. The number of nitrogens with zero attached hydrogens (tertiary/aromatic N) is 4. The Kier molecular flexibility index (Phi) is 4.92. The van der Waals surface area contributed by atoms with Crippen molar-refractivity contribution in [2.24, 2.45) is 0 Å². The van der Waals surface area contributed by atoms with Crippen molar-refractivity contribution in [1.29, 1.82) is 0 Å². The number of methoxy groups -OCH3 is 2. The molecular formula is C16H15N5O5. The second-order valence-electron chi connectivity index (χ2n) is 5.08. The maximum absolute atomic E-state index is 11.3. The van der Waals surface area contributed by atoms with Crippen LogP contribution < -0.4 is 14.8 Å². The molecule has 1 aromatic carbocycles. The number of aromatic nitrogens is 3. The zero-order valence-electron chi connectivity index (χ0n) is 14.0. The van der Waals surface area contributed by atoms with Crippen molar-refractivity contribution >= 4 is 11.4 Å². The summed E-state index contributed by atoms with van der Waals surface area (Å²) >= 11 is 0. The molecule has 134 valence electrons. The third-order valence-electron chi connectivity index (χ3n) is 3.54. The fourth-order valence-electron chi connectivity index (χ4n) is 2.28. The lowest BCUT2D eigenvalue weighted by Gasteiger charge is -2.11. The molecule has 0 saturated carbocycles. The Labute approximate surface area is 147 Å². The molecule has 0 fully saturated rings. The Bertz CT molecular complexity index is 913. The van der Waals surface area contributed by atoms with E-state index in [1.165, 1.54) is 26.4 Å². The second kappa shape index (κ2) is 7.47. The normalized spacial score (nSPS) is 10.4. The van der Waals surface area contributed by atoms with Gasteiger partial charge in [-0.25, -0.2) is 0 Å². The summed E-state index contributed by atoms with van der Waals surface area (Å²) in [5.74, 6) is 1.32. The molecule has 10 nitrogen and oxygen atoms in total. The first-order chi connectivity index (χ1) is 12.6. The van der Waals surface area contributed by atoms with Gasteiger partial charge >= 0.3 is 0 Å². The zero-order chi connectivity index (χ0) is 18.5. The highest BCUT2D eigenvalue weighted by Gasteiger charge is 2.20. The number of nitrogens with one attached hydrogen (secondary N) is 1. The summed E-state index contributed by atoms with van der Waals surface area (Å²) in [5, 5.41) is 18.1. The van der Waals surface area contributed by atoms with Crippen LogP contribution in [0.2, 0.25) is 0 Å². The van der Waals surface area contributed by atoms with Gasteiger partial charge in [0.1, 0.15) is 5.69 Å². The topological polar surface area (TPSA) is 125 Å². The predicted octanol–water partition coefficient (Wildman–Crippen LogP) is 2.67. The molecule has 0 bridgehead atoms. The van der Waals surface area contributed by atoms with Gasteiger partial charge in [0.15, 0.2) is 11.5 Å². The van der Waals surface area contributed by atoms with Gasteiger partial charge in [0.05, 0.1) is 31.8 Å². The molecule has 0 radical (unpaired) electrons. The van der Waals surface area contributed by atoms with E-state index in [4.69, 9.17) is 14.0 Å². The standard InChI is InChI=1S/C16H15N5O5/c1-24-13-7-11(12(21(22)23)8-14(13)25-2)18-9-15-19-16(20-26-15)10-3-5-17-6-4-10/h3-8,18H,9H2,1-2H3. The Morgan fingerprint density at radius 2 is 1.88 bits per heavy atom. The SMILES string of the molecule is COc1cc(NCc2nc(-c3ccncc3)no2)c([N+](=O)[O-])cc1OC. The monoisotopic (exact) mass is 357 g/mol. The largest absolute Gasteiger partial charge is 0.493 e. The molecule has 3 rings (SSSR count). The highest BCUT2D eigenvalue weighted by atomic mass is 16.6. The average molecular weight is 357 g/mol. The summed E-state index contributed by atoms with van der Waals surface area (Å²) in [7, 11) is 2.86. The molecule has 3 aromatic rings. The van der Waals surface area contributed by atoms with Crippen molar-refractivity contribution in [3.63, 3.8) is 0 Å². The first kappa shape index (κ1) is 17.1. The van der Waals surface area contributed by atoms with Crippen LogP contribution >= 0.6 is 0 Å². The molecule has 0 aliphatic carbocycles. The van der Waals surface area contributed by atoms with E-state index in [0.717, 1.165) is 5.56 Å². The van der Waals surface area contributed by atoms with Gasteiger partial charge in [-0.1, -0.05) is 5.16 Å². The van der Waals surface area contributed by atoms with Crippen LogP contribution in [0, 0.1) is 10.1 Å². The lowest BCUT2D eigenvalue weighted by atomic mass is 10.2. The van der Waals surface area contributed by atoms with Crippen LogP contribution in [0.3, 0.4) is 0 Å². The van der Waals surface area contributed by atoms with Crippen molar-refractivity contribution < 1.29 is 18.9 Å². The van der Waals surface area contributed by atoms with E-state index >= 15 is 0 Å². The highest BCUT2D eigenvalue weighted by Crippen LogP contribution is 2.37. The van der Waals surface area contributed by atoms with E-state index in [0.29, 0.717) is 11.6 Å². The van der Waals surface area contributed by atoms with E-state index in [2.05, 4.69) is 20.4 Å². The minimum Gasteiger partial charge on any atom is -0.493 e. The lowest BCUT2D eigenvalue weighted by molar-refractivity contribution is -0.384. The fraction of sp³-hybridized carbons (Fsp3) is 0.188. The molecule has 1 N–H and O–H groups in total. The minimum absolute atomic E-state index is 0.106. The summed E-state index contributed by atoms with van der Waals surface area (Å²) in [6, 6.07) is 6.27. The number of hydrogen-bond acceptors (Lipinski definition) is 9. The van der Waals surface area contributed by atoms with Crippen LogP contribution in [0.5, 0.6) is 11.5 Å². The predicted molar refractivity (Wildman–Crippen MR) is 91.1 cm³/mol. The molecule has 2 heterocycles. The number of rotatable bonds is 7. The summed E-state index contributed by atoms with van der Waals surface area (Å²) in [5.41, 5.74) is 0.847. The van der Waals surface area contributed by atoms with Crippen LogP contribution in [0.25, 0.3) is 11.4 Å². The lowest BCUT2D eigenvalue weighted by Crippen LogP contribution is -2.04. The van der Waals surface area contributed by atoms with Gasteiger partial charge < -0.3 is 19.3 Å². The van der Waals surface area contributed by atoms with Crippen LogP contribution in [-0.4, -0.2) is 34.3 Å². The van der Waals surface area contributed by atoms with Crippen molar-refractivity contribution in [1.82, 2.24) is 15.1 Å². The minimum atomic E-state index is -0.513. The molecule has 2 aromatic heterocycles. The molecule has 0 amide bonds. The first-order valence-electron chi connectivity index (χ1n) is 7.49. The average Bonchev–Trinajstić information content (AvgIpc) is 3.15. The molecule has 0 unspecified atom stereocenters. The number of nitro benzene ring substituents is 1. The third-order valence-corrected chi connectivity index (χ3v) is 3.54. The summed E-state index contributed by atoms with van der Waals surface area (Å²) in [6.07, 6.45) is 3.24. The Morgan fingerprint density at radius 1 is 1.19 bits per heavy atom. The summed E-state index contributed by atoms with van der Waals surface area (Å²) in [6.45, 7) is 0.106. The van der Waals surface area contributed by atoms with Crippen molar-refractivity contribution in [2.75, 3.05) is 19.5 Å². The van der Waals surface area contributed by atoms with Crippen LogP contribution in [0.15, 0.2) is 41.2 Å². The van der Waals surface area contributed by atoms with E-state index in [-0.39, 0.29) is 29.6 Å². The van der Waals surface area contributed by atoms with Gasteiger partial charge in [0.2, 0.25) is 11.7 Å². The molecular weight excluding hydrogens is 342 g/mol. The highest BCUT2D eigenvalue weighted by molar-refractivity contribution is 5.68. The Balaban J connectivity index is 1.81. The van der Waals surface area contributed by atoms with Crippen LogP contribution in [0.4, 0.5) is 11.4 Å². The summed E-state index contributed by atoms with van der Waals surface area (Å²) < 4.78 is 15.4. The van der Waals surface area contributed by atoms with Gasteiger partial charge in [-0.3, -0.25) is 15.1 Å². The molecule has 0 spiro atoms. The number of ether oxygens (including phenoxy) is 2. The van der Waals surface area contributed by atoms with Crippen LogP contribution in [0.1, 0.15) is 5.89 Å². The van der Waals surface area contributed by atoms with E-state index in [9.17, 15) is 10.1 Å². The molecule has 26 heavy (non-hydrogen) atoms. The molecule has 0 saturated heterocycles. The fourth-order valence-corrected chi connectivity index (χ4v) is 2.28. The number of benzene rings is 1. The molecule has 0 aliphatic heterocycles. The van der Waals surface area contributed by atoms with Gasteiger partial charge in [-0.05, 0) is 12.1 Å². The maximum Gasteiger partial charge on any atom is 0.296 e. The zero-order valence-corrected chi connectivity index (χ0v) is 14.0. The molecule has 10 heteroatoms. The van der Waals surface area contributed by atoms with Crippen molar-refractivity contribution in [3.05, 3.63) is 52.7 Å². The maximum atomic E-state index is 11.3. The van der Waals surface area contributed by atoms with Crippen LogP contribution in [-0.2, 0) is 6.54 Å². The van der Waals surface area contributed by atoms with E-state index in [1.54, 1.807) is 24.5 Å². The first-order valence-corrected chi connectivity index (χ1v) is 7.49. The van der Waals surface area contributed by atoms with Gasteiger partial charge in [-0.2, -0.15) is 4.98 Å². The number of pyridine rings is 1. The third kappa shape index (κ3) is 3.53. The van der Waals surface area contributed by atoms with Gasteiger partial charge in [0.25, 0.3) is 5.69 Å². The smallest absolute Gasteiger partial charge is 0.296 e. The molecule has 0 atom stereocenters.